The van der Waals surface area contributed by atoms with Crippen LogP contribution in [0.4, 0.5) is 13.2 Å². The molecule has 1 atom stereocenters. The monoisotopic (exact) mass is 421 g/mol. The molecule has 1 unspecified atom stereocenters. The van der Waals surface area contributed by atoms with E-state index >= 15 is 0 Å². The summed E-state index contributed by atoms with van der Waals surface area (Å²) in [5.41, 5.74) is -1.11. The van der Waals surface area contributed by atoms with Crippen molar-refractivity contribution in [2.75, 3.05) is 32.7 Å². The van der Waals surface area contributed by atoms with Crippen molar-refractivity contribution < 1.29 is 18.0 Å². The van der Waals surface area contributed by atoms with E-state index < -0.39 is 35.8 Å². The van der Waals surface area contributed by atoms with Crippen LogP contribution in [-0.4, -0.2) is 65.7 Å². The Balaban J connectivity index is 0.00000280. The molecule has 0 aliphatic carbocycles. The van der Waals surface area contributed by atoms with Crippen molar-refractivity contribution in [3.63, 3.8) is 0 Å². The summed E-state index contributed by atoms with van der Waals surface area (Å²) in [4.78, 5) is 40.9. The summed E-state index contributed by atoms with van der Waals surface area (Å²) in [6.07, 6.45) is -4.47. The first-order chi connectivity index (χ1) is 12.8. The third-order valence-electron chi connectivity index (χ3n) is 4.41. The van der Waals surface area contributed by atoms with Crippen LogP contribution < -0.4 is 21.8 Å². The van der Waals surface area contributed by atoms with Gasteiger partial charge in [0.2, 0.25) is 0 Å². The first-order valence-electron chi connectivity index (χ1n) is 8.32. The average molecular weight is 422 g/mol. The van der Waals surface area contributed by atoms with E-state index in [4.69, 9.17) is 0 Å². The number of hydrogen-bond acceptors (Lipinski definition) is 5. The summed E-state index contributed by atoms with van der Waals surface area (Å²) in [7, 11) is 0. The van der Waals surface area contributed by atoms with Crippen LogP contribution >= 0.6 is 12.4 Å². The van der Waals surface area contributed by atoms with E-state index in [1.807, 2.05) is 0 Å². The fourth-order valence-corrected chi connectivity index (χ4v) is 2.99. The van der Waals surface area contributed by atoms with E-state index in [1.165, 1.54) is 23.1 Å². The third kappa shape index (κ3) is 4.91. The van der Waals surface area contributed by atoms with Crippen LogP contribution in [0.15, 0.2) is 27.8 Å². The second-order valence-corrected chi connectivity index (χ2v) is 6.22. The lowest BCUT2D eigenvalue weighted by molar-refractivity contribution is -0.183. The van der Waals surface area contributed by atoms with Gasteiger partial charge in [-0.2, -0.15) is 13.2 Å². The number of nitrogens with zero attached hydrogens (tertiary/aromatic N) is 1. The van der Waals surface area contributed by atoms with Crippen molar-refractivity contribution in [1.82, 2.24) is 25.5 Å². The van der Waals surface area contributed by atoms with E-state index in [0.29, 0.717) is 18.6 Å². The summed E-state index contributed by atoms with van der Waals surface area (Å²) >= 11 is 0. The Morgan fingerprint density at radius 2 is 1.71 bits per heavy atom. The number of aromatic nitrogens is 2. The van der Waals surface area contributed by atoms with E-state index in [0.717, 1.165) is 0 Å². The minimum atomic E-state index is -4.47. The number of nitrogens with one attached hydrogen (secondary N) is 4. The number of alkyl halides is 3. The van der Waals surface area contributed by atoms with Crippen LogP contribution in [0.3, 0.4) is 0 Å². The summed E-state index contributed by atoms with van der Waals surface area (Å²) in [5, 5.41) is 5.30. The van der Waals surface area contributed by atoms with Gasteiger partial charge in [0.25, 0.3) is 5.91 Å². The molecule has 12 heteroatoms. The Morgan fingerprint density at radius 1 is 1.11 bits per heavy atom. The molecule has 1 aromatic carbocycles. The number of aromatic amines is 2. The van der Waals surface area contributed by atoms with Crippen LogP contribution in [0.1, 0.15) is 10.4 Å². The van der Waals surface area contributed by atoms with Gasteiger partial charge in [-0.3, -0.25) is 19.3 Å². The zero-order valence-corrected chi connectivity index (χ0v) is 15.4. The van der Waals surface area contributed by atoms with Gasteiger partial charge in [0.05, 0.1) is 11.0 Å². The summed E-state index contributed by atoms with van der Waals surface area (Å²) < 4.78 is 40.1. The van der Waals surface area contributed by atoms with Crippen molar-refractivity contribution in [2.45, 2.75) is 12.2 Å². The molecule has 2 aromatic rings. The van der Waals surface area contributed by atoms with Crippen LogP contribution in [0.5, 0.6) is 0 Å². The summed E-state index contributed by atoms with van der Waals surface area (Å²) in [5.74, 6) is -0.701. The van der Waals surface area contributed by atoms with Crippen LogP contribution in [0.25, 0.3) is 11.0 Å². The maximum atomic E-state index is 13.4. The van der Waals surface area contributed by atoms with E-state index in [2.05, 4.69) is 20.6 Å². The number of carbonyl (C=O) groups is 1. The zero-order valence-electron chi connectivity index (χ0n) is 14.6. The number of H-pyrrole nitrogens is 2. The molecule has 0 radical (unpaired) electrons. The Kier molecular flexibility index (Phi) is 6.86. The molecule has 4 N–H and O–H groups in total. The molecule has 0 spiro atoms. The average Bonchev–Trinajstić information content (AvgIpc) is 2.62. The SMILES string of the molecule is Cl.O=C(NCC(N1CCNCC1)C(F)(F)F)c1ccc2[nH]c(=O)c(=O)[nH]c2c1. The van der Waals surface area contributed by atoms with Crippen molar-refractivity contribution >= 4 is 29.3 Å². The standard InChI is InChI=1S/C16H18F3N5O3.ClH/c17-16(18,19)12(24-5-3-20-4-6-24)8-21-13(25)9-1-2-10-11(7-9)23-15(27)14(26)22-10;/h1-2,7,12,20H,3-6,8H2,(H,21,25)(H,22,26)(H,23,27);1H. The largest absolute Gasteiger partial charge is 0.405 e. The highest BCUT2D eigenvalue weighted by Gasteiger charge is 2.43. The minimum Gasteiger partial charge on any atom is -0.350 e. The van der Waals surface area contributed by atoms with E-state index in [-0.39, 0.29) is 36.6 Å². The molecular formula is C16H19ClF3N5O3. The molecular weight excluding hydrogens is 403 g/mol. The molecule has 28 heavy (non-hydrogen) atoms. The number of rotatable bonds is 4. The molecule has 8 nitrogen and oxygen atoms in total. The molecule has 1 saturated heterocycles. The molecule has 1 aliphatic heterocycles. The maximum Gasteiger partial charge on any atom is 0.405 e. The van der Waals surface area contributed by atoms with Gasteiger partial charge in [-0.1, -0.05) is 0 Å². The highest BCUT2D eigenvalue weighted by Crippen LogP contribution is 2.25. The number of carbonyl (C=O) groups excluding carboxylic acids is 1. The summed E-state index contributed by atoms with van der Waals surface area (Å²) in [6, 6.07) is 2.29. The predicted molar refractivity (Wildman–Crippen MR) is 99.1 cm³/mol. The lowest BCUT2D eigenvalue weighted by Crippen LogP contribution is -2.57. The normalized spacial score (nSPS) is 16.4. The van der Waals surface area contributed by atoms with Crippen LogP contribution in [0, 0.1) is 0 Å². The molecule has 0 saturated carbocycles. The Labute approximate surface area is 162 Å². The maximum absolute atomic E-state index is 13.4. The Morgan fingerprint density at radius 3 is 2.32 bits per heavy atom. The van der Waals surface area contributed by atoms with Crippen LogP contribution in [-0.2, 0) is 0 Å². The summed E-state index contributed by atoms with van der Waals surface area (Å²) in [6.45, 7) is 0.811. The number of benzene rings is 1. The molecule has 154 valence electrons. The van der Waals surface area contributed by atoms with Gasteiger partial charge < -0.3 is 20.6 Å². The van der Waals surface area contributed by atoms with Crippen molar-refractivity contribution in [2.24, 2.45) is 0 Å². The first-order valence-corrected chi connectivity index (χ1v) is 8.32. The zero-order chi connectivity index (χ0) is 19.6. The number of piperazine rings is 1. The molecule has 1 fully saturated rings. The van der Waals surface area contributed by atoms with Gasteiger partial charge in [-0.05, 0) is 18.2 Å². The molecule has 1 aromatic heterocycles. The fraction of sp³-hybridized carbons (Fsp3) is 0.438. The third-order valence-corrected chi connectivity index (χ3v) is 4.41. The van der Waals surface area contributed by atoms with Gasteiger partial charge in [-0.25, -0.2) is 0 Å². The van der Waals surface area contributed by atoms with Gasteiger partial charge in [-0.15, -0.1) is 12.4 Å². The van der Waals surface area contributed by atoms with Crippen molar-refractivity contribution in [3.8, 4) is 0 Å². The van der Waals surface area contributed by atoms with Crippen molar-refractivity contribution in [1.29, 1.82) is 0 Å². The second-order valence-electron chi connectivity index (χ2n) is 6.22. The van der Waals surface area contributed by atoms with E-state index in [1.54, 1.807) is 0 Å². The van der Waals surface area contributed by atoms with Gasteiger partial charge in [0.15, 0.2) is 0 Å². The molecule has 3 rings (SSSR count). The Hall–Kier alpha value is -2.37. The lowest BCUT2D eigenvalue weighted by Gasteiger charge is -2.35. The lowest BCUT2D eigenvalue weighted by atomic mass is 10.1. The quantitative estimate of drug-likeness (QED) is 0.527. The molecule has 1 amide bonds. The highest BCUT2D eigenvalue weighted by atomic mass is 35.5. The minimum absolute atomic E-state index is 0. The fourth-order valence-electron chi connectivity index (χ4n) is 2.99. The second kappa shape index (κ2) is 8.76. The molecule has 0 bridgehead atoms. The number of fused-ring (bicyclic) bond motifs is 1. The topological polar surface area (TPSA) is 110 Å². The van der Waals surface area contributed by atoms with Crippen LogP contribution in [0.2, 0.25) is 0 Å². The molecule has 1 aliphatic rings. The number of hydrogen-bond donors (Lipinski definition) is 4. The Bertz CT molecular complexity index is 953. The smallest absolute Gasteiger partial charge is 0.350 e. The van der Waals surface area contributed by atoms with Gasteiger partial charge in [0.1, 0.15) is 6.04 Å². The predicted octanol–water partition coefficient (Wildman–Crippen LogP) is 0.204. The van der Waals surface area contributed by atoms with Gasteiger partial charge in [0, 0.05) is 38.3 Å². The van der Waals surface area contributed by atoms with Crippen molar-refractivity contribution in [3.05, 3.63) is 44.5 Å². The number of amides is 1. The first kappa shape index (κ1) is 21.9. The van der Waals surface area contributed by atoms with E-state index in [9.17, 15) is 27.6 Å². The van der Waals surface area contributed by atoms with Gasteiger partial charge >= 0.3 is 17.3 Å². The number of halogens is 4. The highest BCUT2D eigenvalue weighted by molar-refractivity contribution is 5.97. The molecule has 2 heterocycles.